The molecule has 0 radical (unpaired) electrons. The highest BCUT2D eigenvalue weighted by Crippen LogP contribution is 2.20. The zero-order valence-electron chi connectivity index (χ0n) is 16.2. The molecule has 1 atom stereocenters. The van der Waals surface area contributed by atoms with Gasteiger partial charge in [-0.1, -0.05) is 30.5 Å². The number of nitrogens with zero attached hydrogens (tertiary/aromatic N) is 2. The van der Waals surface area contributed by atoms with Gasteiger partial charge in [0.05, 0.1) is 6.04 Å². The number of rotatable bonds is 5. The molecular weight excluding hydrogens is 383 g/mol. The second-order valence-electron chi connectivity index (χ2n) is 7.67. The van der Waals surface area contributed by atoms with Crippen LogP contribution in [0.3, 0.4) is 0 Å². The molecule has 1 heterocycles. The maximum atomic E-state index is 13.2. The molecule has 1 aliphatic heterocycles. The normalized spacial score (nSPS) is 20.1. The van der Waals surface area contributed by atoms with Crippen LogP contribution in [-0.4, -0.2) is 60.0 Å². The van der Waals surface area contributed by atoms with Crippen molar-refractivity contribution < 1.29 is 14.0 Å². The highest BCUT2D eigenvalue weighted by atomic mass is 35.5. The Morgan fingerprint density at radius 3 is 2.54 bits per heavy atom. The number of benzene rings is 1. The van der Waals surface area contributed by atoms with Gasteiger partial charge in [0, 0.05) is 43.8 Å². The van der Waals surface area contributed by atoms with E-state index in [-0.39, 0.29) is 23.8 Å². The van der Waals surface area contributed by atoms with E-state index in [0.717, 1.165) is 57.4 Å². The van der Waals surface area contributed by atoms with Crippen LogP contribution in [0.2, 0.25) is 5.02 Å². The SMILES string of the molecule is CC(C(=O)NC(=O)NC1CCCC1)N1CCN(Cc2ccc(F)cc2Cl)CC1. The fourth-order valence-corrected chi connectivity index (χ4v) is 4.10. The maximum Gasteiger partial charge on any atom is 0.321 e. The van der Waals surface area contributed by atoms with Crippen LogP contribution < -0.4 is 10.6 Å². The van der Waals surface area contributed by atoms with Crippen molar-refractivity contribution in [3.8, 4) is 0 Å². The predicted octanol–water partition coefficient (Wildman–Crippen LogP) is 2.75. The fraction of sp³-hybridized carbons (Fsp3) is 0.600. The lowest BCUT2D eigenvalue weighted by atomic mass is 10.1. The number of nitrogens with one attached hydrogen (secondary N) is 2. The lowest BCUT2D eigenvalue weighted by Crippen LogP contribution is -2.55. The van der Waals surface area contributed by atoms with Crippen LogP contribution >= 0.6 is 11.6 Å². The van der Waals surface area contributed by atoms with Gasteiger partial charge in [-0.25, -0.2) is 9.18 Å². The molecule has 3 amide bonds. The lowest BCUT2D eigenvalue weighted by Gasteiger charge is -2.37. The third-order valence-corrected chi connectivity index (χ3v) is 6.02. The Kier molecular flexibility index (Phi) is 7.26. The van der Waals surface area contributed by atoms with E-state index in [0.29, 0.717) is 11.6 Å². The van der Waals surface area contributed by atoms with Gasteiger partial charge < -0.3 is 5.32 Å². The van der Waals surface area contributed by atoms with Gasteiger partial charge >= 0.3 is 6.03 Å². The van der Waals surface area contributed by atoms with Crippen molar-refractivity contribution in [2.45, 2.75) is 51.2 Å². The standard InChI is InChI=1S/C20H28ClFN4O2/c1-14(19(27)24-20(28)23-17-4-2-3-5-17)26-10-8-25(9-11-26)13-15-6-7-16(22)12-18(15)21/h6-7,12,14,17H,2-5,8-11,13H2,1H3,(H2,23,24,27,28). The number of amides is 3. The predicted molar refractivity (Wildman–Crippen MR) is 107 cm³/mol. The number of carbonyl (C=O) groups excluding carboxylic acids is 2. The molecule has 3 rings (SSSR count). The van der Waals surface area contributed by atoms with Gasteiger partial charge in [0.15, 0.2) is 0 Å². The van der Waals surface area contributed by atoms with Crippen molar-refractivity contribution in [1.82, 2.24) is 20.4 Å². The van der Waals surface area contributed by atoms with E-state index in [1.807, 2.05) is 6.92 Å². The molecule has 0 spiro atoms. The largest absolute Gasteiger partial charge is 0.335 e. The molecular formula is C20H28ClFN4O2. The van der Waals surface area contributed by atoms with Crippen molar-refractivity contribution in [1.29, 1.82) is 0 Å². The van der Waals surface area contributed by atoms with E-state index in [4.69, 9.17) is 11.6 Å². The molecule has 2 aliphatic rings. The second kappa shape index (κ2) is 9.67. The third kappa shape index (κ3) is 5.65. The van der Waals surface area contributed by atoms with Crippen molar-refractivity contribution in [3.05, 3.63) is 34.6 Å². The summed E-state index contributed by atoms with van der Waals surface area (Å²) in [6.07, 6.45) is 4.22. The van der Waals surface area contributed by atoms with Gasteiger partial charge in [0.2, 0.25) is 5.91 Å². The van der Waals surface area contributed by atoms with E-state index in [9.17, 15) is 14.0 Å². The molecule has 154 valence electrons. The summed E-state index contributed by atoms with van der Waals surface area (Å²) in [5.41, 5.74) is 0.894. The van der Waals surface area contributed by atoms with Crippen molar-refractivity contribution in [2.24, 2.45) is 0 Å². The first kappa shape index (κ1) is 21.0. The molecule has 1 unspecified atom stereocenters. The van der Waals surface area contributed by atoms with Crippen LogP contribution in [0, 0.1) is 5.82 Å². The Morgan fingerprint density at radius 1 is 1.21 bits per heavy atom. The molecule has 0 bridgehead atoms. The number of imide groups is 1. The summed E-state index contributed by atoms with van der Waals surface area (Å²) in [6.45, 7) is 5.47. The zero-order chi connectivity index (χ0) is 20.1. The smallest absolute Gasteiger partial charge is 0.321 e. The van der Waals surface area contributed by atoms with Gasteiger partial charge in [0.25, 0.3) is 0 Å². The molecule has 8 heteroatoms. The van der Waals surface area contributed by atoms with E-state index >= 15 is 0 Å². The molecule has 0 aromatic heterocycles. The zero-order valence-corrected chi connectivity index (χ0v) is 17.0. The van der Waals surface area contributed by atoms with Crippen LogP contribution in [0.25, 0.3) is 0 Å². The molecule has 1 aromatic carbocycles. The second-order valence-corrected chi connectivity index (χ2v) is 8.08. The average Bonchev–Trinajstić information content (AvgIpc) is 3.17. The monoisotopic (exact) mass is 410 g/mol. The summed E-state index contributed by atoms with van der Waals surface area (Å²) in [4.78, 5) is 28.7. The topological polar surface area (TPSA) is 64.7 Å². The van der Waals surface area contributed by atoms with Gasteiger partial charge in [-0.05, 0) is 37.5 Å². The third-order valence-electron chi connectivity index (χ3n) is 5.67. The summed E-state index contributed by atoms with van der Waals surface area (Å²) in [7, 11) is 0. The van der Waals surface area contributed by atoms with Gasteiger partial charge in [0.1, 0.15) is 5.82 Å². The van der Waals surface area contributed by atoms with Crippen molar-refractivity contribution in [3.63, 3.8) is 0 Å². The number of piperazine rings is 1. The number of halogens is 2. The molecule has 28 heavy (non-hydrogen) atoms. The minimum absolute atomic E-state index is 0.185. The highest BCUT2D eigenvalue weighted by molar-refractivity contribution is 6.31. The van der Waals surface area contributed by atoms with Crippen LogP contribution in [0.4, 0.5) is 9.18 Å². The molecule has 6 nitrogen and oxygen atoms in total. The van der Waals surface area contributed by atoms with E-state index in [1.54, 1.807) is 6.07 Å². The molecule has 1 saturated heterocycles. The lowest BCUT2D eigenvalue weighted by molar-refractivity contribution is -0.125. The molecule has 1 aromatic rings. The van der Waals surface area contributed by atoms with Crippen LogP contribution in [0.5, 0.6) is 0 Å². The first-order valence-corrected chi connectivity index (χ1v) is 10.3. The minimum Gasteiger partial charge on any atom is -0.335 e. The summed E-state index contributed by atoms with van der Waals surface area (Å²) < 4.78 is 13.2. The quantitative estimate of drug-likeness (QED) is 0.783. The average molecular weight is 411 g/mol. The molecule has 2 fully saturated rings. The van der Waals surface area contributed by atoms with Crippen LogP contribution in [0.15, 0.2) is 18.2 Å². The minimum atomic E-state index is -0.395. The van der Waals surface area contributed by atoms with Crippen molar-refractivity contribution in [2.75, 3.05) is 26.2 Å². The highest BCUT2D eigenvalue weighted by Gasteiger charge is 2.27. The molecule has 1 saturated carbocycles. The summed E-state index contributed by atoms with van der Waals surface area (Å²) in [5.74, 6) is -0.610. The Morgan fingerprint density at radius 2 is 1.89 bits per heavy atom. The van der Waals surface area contributed by atoms with E-state index in [1.165, 1.54) is 12.1 Å². The Labute approximate surface area is 170 Å². The maximum absolute atomic E-state index is 13.2. The summed E-state index contributed by atoms with van der Waals surface area (Å²) in [5, 5.41) is 5.78. The van der Waals surface area contributed by atoms with Gasteiger partial charge in [-0.2, -0.15) is 0 Å². The summed E-state index contributed by atoms with van der Waals surface area (Å²) in [6, 6.07) is 3.88. The molecule has 2 N–H and O–H groups in total. The molecule has 1 aliphatic carbocycles. The summed E-state index contributed by atoms with van der Waals surface area (Å²) >= 11 is 6.11. The first-order valence-electron chi connectivity index (χ1n) is 9.94. The van der Waals surface area contributed by atoms with Crippen LogP contribution in [0.1, 0.15) is 38.2 Å². The number of carbonyl (C=O) groups is 2. The Bertz CT molecular complexity index is 703. The van der Waals surface area contributed by atoms with Gasteiger partial charge in [-0.15, -0.1) is 0 Å². The fourth-order valence-electron chi connectivity index (χ4n) is 3.87. The Balaban J connectivity index is 1.43. The van der Waals surface area contributed by atoms with Crippen LogP contribution in [-0.2, 0) is 11.3 Å². The van der Waals surface area contributed by atoms with Gasteiger partial charge in [-0.3, -0.25) is 19.9 Å². The number of urea groups is 1. The van der Waals surface area contributed by atoms with Crippen molar-refractivity contribution >= 4 is 23.5 Å². The number of hydrogen-bond donors (Lipinski definition) is 2. The van der Waals surface area contributed by atoms with E-state index in [2.05, 4.69) is 20.4 Å². The Hall–Kier alpha value is -1.70. The first-order chi connectivity index (χ1) is 13.4. The number of hydrogen-bond acceptors (Lipinski definition) is 4. The van der Waals surface area contributed by atoms with E-state index < -0.39 is 6.03 Å².